The number of nitrogens with one attached hydrogen (secondary N) is 2. The summed E-state index contributed by atoms with van der Waals surface area (Å²) in [7, 11) is 1.74. The van der Waals surface area contributed by atoms with E-state index in [2.05, 4.69) is 15.6 Å². The number of carbonyl (C=O) groups excluding carboxylic acids is 3. The second kappa shape index (κ2) is 8.49. The average molecular weight is 397 g/mol. The minimum absolute atomic E-state index is 0.210. The lowest BCUT2D eigenvalue weighted by Crippen LogP contribution is -2.33. The molecule has 0 atom stereocenters. The zero-order valence-electron chi connectivity index (χ0n) is 15.0. The van der Waals surface area contributed by atoms with Crippen LogP contribution in [0.1, 0.15) is 26.5 Å². The van der Waals surface area contributed by atoms with Gasteiger partial charge in [0.05, 0.1) is 17.1 Å². The minimum Gasteiger partial charge on any atom is -0.343 e. The lowest BCUT2D eigenvalue weighted by molar-refractivity contribution is -0.115. The highest BCUT2D eigenvalue weighted by atomic mass is 35.5. The molecular weight excluding hydrogens is 380 g/mol. The molecular formula is C20H17ClN4O3. The molecule has 0 radical (unpaired) electrons. The van der Waals surface area contributed by atoms with Crippen LogP contribution in [0.4, 0.5) is 5.69 Å². The number of halogens is 1. The van der Waals surface area contributed by atoms with Crippen LogP contribution in [0.5, 0.6) is 0 Å². The van der Waals surface area contributed by atoms with Gasteiger partial charge in [-0.05, 0) is 36.4 Å². The standard InChI is InChI=1S/C20H17ClN4O3/c1-25-11-10-22-19(25)18(27)13-6-8-14(9-7-13)24-17(26)12-23-20(28)15-4-2-3-5-16(15)21/h2-11H,12H2,1H3,(H,23,28)(H,24,26). The molecule has 1 heterocycles. The molecule has 0 unspecified atom stereocenters. The van der Waals surface area contributed by atoms with Crippen LogP contribution in [-0.2, 0) is 11.8 Å². The van der Waals surface area contributed by atoms with Gasteiger partial charge in [-0.25, -0.2) is 4.98 Å². The summed E-state index contributed by atoms with van der Waals surface area (Å²) >= 11 is 5.96. The number of carbonyl (C=O) groups is 3. The quantitative estimate of drug-likeness (QED) is 0.626. The third-order valence-electron chi connectivity index (χ3n) is 3.98. The largest absolute Gasteiger partial charge is 0.343 e. The second-order valence-corrected chi connectivity index (χ2v) is 6.39. The van der Waals surface area contributed by atoms with E-state index in [1.54, 1.807) is 72.5 Å². The van der Waals surface area contributed by atoms with Crippen LogP contribution in [-0.4, -0.2) is 33.7 Å². The highest BCUT2D eigenvalue weighted by molar-refractivity contribution is 6.33. The molecule has 7 nitrogen and oxygen atoms in total. The minimum atomic E-state index is -0.434. The summed E-state index contributed by atoms with van der Waals surface area (Å²) in [5.41, 5.74) is 1.27. The molecule has 28 heavy (non-hydrogen) atoms. The van der Waals surface area contributed by atoms with Gasteiger partial charge in [-0.3, -0.25) is 14.4 Å². The molecule has 2 N–H and O–H groups in total. The first-order valence-corrected chi connectivity index (χ1v) is 8.78. The molecule has 2 amide bonds. The van der Waals surface area contributed by atoms with Crippen molar-refractivity contribution in [1.29, 1.82) is 0 Å². The predicted molar refractivity (Wildman–Crippen MR) is 105 cm³/mol. The fourth-order valence-electron chi connectivity index (χ4n) is 2.52. The number of benzene rings is 2. The Hall–Kier alpha value is -3.45. The third kappa shape index (κ3) is 4.44. The van der Waals surface area contributed by atoms with Crippen LogP contribution in [0.15, 0.2) is 60.9 Å². The molecule has 0 spiro atoms. The monoisotopic (exact) mass is 396 g/mol. The van der Waals surface area contributed by atoms with Gasteiger partial charge in [-0.1, -0.05) is 23.7 Å². The number of aryl methyl sites for hydroxylation is 1. The van der Waals surface area contributed by atoms with Gasteiger partial charge in [0.15, 0.2) is 5.82 Å². The third-order valence-corrected chi connectivity index (χ3v) is 4.31. The van der Waals surface area contributed by atoms with Crippen molar-refractivity contribution in [3.05, 3.63) is 82.9 Å². The summed E-state index contributed by atoms with van der Waals surface area (Å²) in [6.45, 7) is -0.210. The number of hydrogen-bond donors (Lipinski definition) is 2. The smallest absolute Gasteiger partial charge is 0.253 e. The van der Waals surface area contributed by atoms with Crippen LogP contribution < -0.4 is 10.6 Å². The Morgan fingerprint density at radius 2 is 1.79 bits per heavy atom. The number of imidazole rings is 1. The summed E-state index contributed by atoms with van der Waals surface area (Å²) in [6, 6.07) is 13.0. The molecule has 0 saturated carbocycles. The Labute approximate surface area is 166 Å². The SMILES string of the molecule is Cn1ccnc1C(=O)c1ccc(NC(=O)CNC(=O)c2ccccc2Cl)cc1. The highest BCUT2D eigenvalue weighted by Gasteiger charge is 2.14. The van der Waals surface area contributed by atoms with E-state index in [0.717, 1.165) is 0 Å². The van der Waals surface area contributed by atoms with E-state index in [1.807, 2.05) is 0 Å². The Morgan fingerprint density at radius 3 is 2.43 bits per heavy atom. The molecule has 8 heteroatoms. The highest BCUT2D eigenvalue weighted by Crippen LogP contribution is 2.15. The molecule has 0 saturated heterocycles. The van der Waals surface area contributed by atoms with Crippen molar-refractivity contribution in [2.45, 2.75) is 0 Å². The van der Waals surface area contributed by atoms with Crippen LogP contribution in [0.25, 0.3) is 0 Å². The molecule has 0 fully saturated rings. The summed E-state index contributed by atoms with van der Waals surface area (Å²) in [4.78, 5) is 40.5. The fraction of sp³-hybridized carbons (Fsp3) is 0.100. The van der Waals surface area contributed by atoms with Gasteiger partial charge < -0.3 is 15.2 Å². The van der Waals surface area contributed by atoms with E-state index in [4.69, 9.17) is 11.6 Å². The van der Waals surface area contributed by atoms with E-state index >= 15 is 0 Å². The molecule has 0 aliphatic carbocycles. The van der Waals surface area contributed by atoms with E-state index in [0.29, 0.717) is 27.7 Å². The van der Waals surface area contributed by atoms with E-state index < -0.39 is 11.8 Å². The van der Waals surface area contributed by atoms with Crippen molar-refractivity contribution in [2.75, 3.05) is 11.9 Å². The predicted octanol–water partition coefficient (Wildman–Crippen LogP) is 2.67. The number of nitrogens with zero attached hydrogens (tertiary/aromatic N) is 2. The molecule has 1 aromatic heterocycles. The number of hydrogen-bond acceptors (Lipinski definition) is 4. The van der Waals surface area contributed by atoms with Crippen molar-refractivity contribution in [3.63, 3.8) is 0 Å². The number of rotatable bonds is 6. The molecule has 3 rings (SSSR count). The lowest BCUT2D eigenvalue weighted by atomic mass is 10.1. The molecule has 142 valence electrons. The van der Waals surface area contributed by atoms with E-state index in [9.17, 15) is 14.4 Å². The van der Waals surface area contributed by atoms with Gasteiger partial charge in [0.1, 0.15) is 0 Å². The van der Waals surface area contributed by atoms with E-state index in [-0.39, 0.29) is 12.3 Å². The van der Waals surface area contributed by atoms with Gasteiger partial charge >= 0.3 is 0 Å². The molecule has 3 aromatic rings. The first-order chi connectivity index (χ1) is 13.5. The lowest BCUT2D eigenvalue weighted by Gasteiger charge is -2.08. The molecule has 2 aromatic carbocycles. The van der Waals surface area contributed by atoms with Gasteiger partial charge in [0.2, 0.25) is 11.7 Å². The van der Waals surface area contributed by atoms with Gasteiger partial charge in [-0.2, -0.15) is 0 Å². The second-order valence-electron chi connectivity index (χ2n) is 5.98. The number of anilines is 1. The zero-order valence-corrected chi connectivity index (χ0v) is 15.7. The first kappa shape index (κ1) is 19.3. The Balaban J connectivity index is 1.56. The van der Waals surface area contributed by atoms with E-state index in [1.165, 1.54) is 0 Å². The van der Waals surface area contributed by atoms with Crippen molar-refractivity contribution < 1.29 is 14.4 Å². The van der Waals surface area contributed by atoms with Crippen molar-refractivity contribution in [2.24, 2.45) is 7.05 Å². The van der Waals surface area contributed by atoms with Gasteiger partial charge in [-0.15, -0.1) is 0 Å². The zero-order chi connectivity index (χ0) is 20.1. The number of aromatic nitrogens is 2. The van der Waals surface area contributed by atoms with Crippen LogP contribution in [0, 0.1) is 0 Å². The normalized spacial score (nSPS) is 10.4. The Morgan fingerprint density at radius 1 is 1.07 bits per heavy atom. The fourth-order valence-corrected chi connectivity index (χ4v) is 2.75. The van der Waals surface area contributed by atoms with Crippen molar-refractivity contribution >= 4 is 34.9 Å². The maximum atomic E-state index is 12.4. The van der Waals surface area contributed by atoms with Gasteiger partial charge in [0, 0.05) is 30.7 Å². The number of amides is 2. The first-order valence-electron chi connectivity index (χ1n) is 8.40. The Bertz CT molecular complexity index is 1030. The topological polar surface area (TPSA) is 93.1 Å². The van der Waals surface area contributed by atoms with Crippen LogP contribution in [0.2, 0.25) is 5.02 Å². The summed E-state index contributed by atoms with van der Waals surface area (Å²) in [5, 5.41) is 5.48. The van der Waals surface area contributed by atoms with Crippen molar-refractivity contribution in [1.82, 2.24) is 14.9 Å². The maximum Gasteiger partial charge on any atom is 0.253 e. The van der Waals surface area contributed by atoms with Crippen molar-refractivity contribution in [3.8, 4) is 0 Å². The molecule has 0 bridgehead atoms. The Kier molecular flexibility index (Phi) is 5.86. The van der Waals surface area contributed by atoms with Gasteiger partial charge in [0.25, 0.3) is 5.91 Å². The average Bonchev–Trinajstić information content (AvgIpc) is 3.12. The van der Waals surface area contributed by atoms with Crippen LogP contribution in [0.3, 0.4) is 0 Å². The summed E-state index contributed by atoms with van der Waals surface area (Å²) in [5.74, 6) is -0.711. The maximum absolute atomic E-state index is 12.4. The molecule has 0 aliphatic heterocycles. The summed E-state index contributed by atoms with van der Waals surface area (Å²) in [6.07, 6.45) is 3.25. The van der Waals surface area contributed by atoms with Crippen LogP contribution >= 0.6 is 11.6 Å². The summed E-state index contributed by atoms with van der Waals surface area (Å²) < 4.78 is 1.64. The number of ketones is 1. The molecule has 0 aliphatic rings.